The highest BCUT2D eigenvalue weighted by Gasteiger charge is 2.28. The summed E-state index contributed by atoms with van der Waals surface area (Å²) in [7, 11) is 0. The van der Waals surface area contributed by atoms with Gasteiger partial charge in [-0.25, -0.2) is 0 Å². The van der Waals surface area contributed by atoms with Crippen LogP contribution >= 0.6 is 0 Å². The third-order valence-corrected chi connectivity index (χ3v) is 5.37. The quantitative estimate of drug-likeness (QED) is 0.584. The summed E-state index contributed by atoms with van der Waals surface area (Å²) in [4.78, 5) is 22.5. The van der Waals surface area contributed by atoms with Gasteiger partial charge in [-0.05, 0) is 37.1 Å². The Bertz CT molecular complexity index is 1070. The first-order chi connectivity index (χ1) is 13.8. The lowest BCUT2D eigenvalue weighted by Gasteiger charge is -2.30. The number of carbonyl (C=O) groups excluding carboxylic acids is 1. The molecule has 1 aliphatic rings. The molecule has 0 spiro atoms. The van der Waals surface area contributed by atoms with Crippen molar-refractivity contribution in [3.8, 4) is 11.5 Å². The second kappa shape index (κ2) is 6.96. The number of fused-ring (bicyclic) bond motifs is 1. The van der Waals surface area contributed by atoms with E-state index in [1.807, 2.05) is 65.6 Å². The molecule has 1 amide bonds. The number of benzene rings is 2. The zero-order valence-corrected chi connectivity index (χ0v) is 15.3. The normalized spacial score (nSPS) is 15.2. The van der Waals surface area contributed by atoms with Crippen molar-refractivity contribution in [2.45, 2.75) is 18.8 Å². The molecule has 0 saturated carbocycles. The van der Waals surface area contributed by atoms with E-state index in [2.05, 4.69) is 15.1 Å². The lowest BCUT2D eigenvalue weighted by molar-refractivity contribution is 0.0705. The predicted octanol–water partition coefficient (Wildman–Crippen LogP) is 4.24. The van der Waals surface area contributed by atoms with Crippen LogP contribution in [-0.4, -0.2) is 39.0 Å². The first kappa shape index (κ1) is 16.7. The highest BCUT2D eigenvalue weighted by molar-refractivity contribution is 5.98. The second-order valence-electron chi connectivity index (χ2n) is 7.16. The van der Waals surface area contributed by atoms with Crippen molar-refractivity contribution in [1.82, 2.24) is 20.0 Å². The van der Waals surface area contributed by atoms with Crippen molar-refractivity contribution in [3.63, 3.8) is 0 Å². The minimum atomic E-state index is 0.0488. The maximum Gasteiger partial charge on any atom is 0.270 e. The number of para-hydroxylation sites is 1. The summed E-state index contributed by atoms with van der Waals surface area (Å²) in [6.45, 7) is 1.38. The van der Waals surface area contributed by atoms with Gasteiger partial charge in [0, 0.05) is 35.5 Å². The first-order valence-electron chi connectivity index (χ1n) is 9.54. The van der Waals surface area contributed by atoms with E-state index in [0.29, 0.717) is 24.7 Å². The van der Waals surface area contributed by atoms with E-state index in [9.17, 15) is 4.79 Å². The Labute approximate surface area is 162 Å². The fraction of sp³-hybridized carbons (Fsp3) is 0.227. The molecule has 140 valence electrons. The zero-order valence-electron chi connectivity index (χ0n) is 15.3. The minimum absolute atomic E-state index is 0.0488. The van der Waals surface area contributed by atoms with E-state index in [-0.39, 0.29) is 11.8 Å². The average Bonchev–Trinajstić information content (AvgIpc) is 3.41. The van der Waals surface area contributed by atoms with Crippen LogP contribution < -0.4 is 0 Å². The SMILES string of the molecule is O=C(c1cc2ccccc2[nH]1)N1CCC(c2noc(-c3ccccc3)n2)CC1. The molecule has 1 N–H and O–H groups in total. The molecule has 2 aromatic heterocycles. The lowest BCUT2D eigenvalue weighted by Crippen LogP contribution is -2.38. The third kappa shape index (κ3) is 3.07. The van der Waals surface area contributed by atoms with Crippen LogP contribution in [0.15, 0.2) is 65.2 Å². The van der Waals surface area contributed by atoms with Gasteiger partial charge >= 0.3 is 0 Å². The van der Waals surface area contributed by atoms with Crippen LogP contribution in [0.3, 0.4) is 0 Å². The lowest BCUT2D eigenvalue weighted by atomic mass is 9.96. The molecule has 0 unspecified atom stereocenters. The number of aromatic nitrogens is 3. The first-order valence-corrected chi connectivity index (χ1v) is 9.54. The molecular weight excluding hydrogens is 352 g/mol. The Kier molecular flexibility index (Phi) is 4.16. The summed E-state index contributed by atoms with van der Waals surface area (Å²) in [5.74, 6) is 1.55. The molecule has 0 radical (unpaired) electrons. The molecule has 1 fully saturated rings. The number of rotatable bonds is 3. The summed E-state index contributed by atoms with van der Waals surface area (Å²) >= 11 is 0. The van der Waals surface area contributed by atoms with Crippen molar-refractivity contribution in [3.05, 3.63) is 72.2 Å². The predicted molar refractivity (Wildman–Crippen MR) is 106 cm³/mol. The monoisotopic (exact) mass is 372 g/mol. The molecule has 28 heavy (non-hydrogen) atoms. The van der Waals surface area contributed by atoms with Crippen LogP contribution in [-0.2, 0) is 0 Å². The molecule has 0 aliphatic carbocycles. The van der Waals surface area contributed by atoms with Gasteiger partial charge in [-0.2, -0.15) is 4.98 Å². The summed E-state index contributed by atoms with van der Waals surface area (Å²) in [5.41, 5.74) is 2.55. The van der Waals surface area contributed by atoms with Crippen molar-refractivity contribution in [1.29, 1.82) is 0 Å². The van der Waals surface area contributed by atoms with Crippen LogP contribution in [0, 0.1) is 0 Å². The number of nitrogens with zero attached hydrogens (tertiary/aromatic N) is 3. The highest BCUT2D eigenvalue weighted by atomic mass is 16.5. The standard InChI is InChI=1S/C22H20N4O2/c27-22(19-14-17-8-4-5-9-18(17)23-19)26-12-10-15(11-13-26)20-24-21(28-25-20)16-6-2-1-3-7-16/h1-9,14-15,23H,10-13H2. The number of H-pyrrole nitrogens is 1. The van der Waals surface area contributed by atoms with Gasteiger partial charge < -0.3 is 14.4 Å². The minimum Gasteiger partial charge on any atom is -0.351 e. The Balaban J connectivity index is 1.26. The van der Waals surface area contributed by atoms with E-state index in [1.54, 1.807) is 0 Å². The fourth-order valence-corrected chi connectivity index (χ4v) is 3.80. The van der Waals surface area contributed by atoms with E-state index in [0.717, 1.165) is 35.1 Å². The van der Waals surface area contributed by atoms with Crippen LogP contribution in [0.1, 0.15) is 35.1 Å². The zero-order chi connectivity index (χ0) is 18.9. The van der Waals surface area contributed by atoms with Crippen LogP contribution in [0.4, 0.5) is 0 Å². The molecule has 2 aromatic carbocycles. The summed E-state index contributed by atoms with van der Waals surface area (Å²) in [5, 5.41) is 5.23. The maximum absolute atomic E-state index is 12.8. The second-order valence-corrected chi connectivity index (χ2v) is 7.16. The molecule has 1 aliphatic heterocycles. The molecule has 3 heterocycles. The van der Waals surface area contributed by atoms with E-state index >= 15 is 0 Å². The van der Waals surface area contributed by atoms with Crippen molar-refractivity contribution < 1.29 is 9.32 Å². The summed E-state index contributed by atoms with van der Waals surface area (Å²) in [6.07, 6.45) is 1.67. The largest absolute Gasteiger partial charge is 0.351 e. The maximum atomic E-state index is 12.8. The Morgan fingerprint density at radius 2 is 1.79 bits per heavy atom. The Morgan fingerprint density at radius 1 is 1.04 bits per heavy atom. The Hall–Kier alpha value is -3.41. The molecule has 5 rings (SSSR count). The number of nitrogens with one attached hydrogen (secondary N) is 1. The fourth-order valence-electron chi connectivity index (χ4n) is 3.80. The van der Waals surface area contributed by atoms with Crippen LogP contribution in [0.25, 0.3) is 22.4 Å². The summed E-state index contributed by atoms with van der Waals surface area (Å²) in [6, 6.07) is 19.6. The van der Waals surface area contributed by atoms with E-state index in [4.69, 9.17) is 4.52 Å². The molecule has 6 nitrogen and oxygen atoms in total. The van der Waals surface area contributed by atoms with Gasteiger partial charge in [0.05, 0.1) is 0 Å². The van der Waals surface area contributed by atoms with E-state index < -0.39 is 0 Å². The smallest absolute Gasteiger partial charge is 0.270 e. The third-order valence-electron chi connectivity index (χ3n) is 5.37. The van der Waals surface area contributed by atoms with E-state index in [1.165, 1.54) is 0 Å². The van der Waals surface area contributed by atoms with Crippen molar-refractivity contribution >= 4 is 16.8 Å². The van der Waals surface area contributed by atoms with Gasteiger partial charge in [0.25, 0.3) is 11.8 Å². The van der Waals surface area contributed by atoms with Crippen LogP contribution in [0.2, 0.25) is 0 Å². The van der Waals surface area contributed by atoms with Gasteiger partial charge in [0.15, 0.2) is 5.82 Å². The molecule has 1 saturated heterocycles. The number of likely N-dealkylation sites (tertiary alicyclic amines) is 1. The van der Waals surface area contributed by atoms with Crippen molar-refractivity contribution in [2.24, 2.45) is 0 Å². The van der Waals surface area contributed by atoms with Crippen LogP contribution in [0.5, 0.6) is 0 Å². The van der Waals surface area contributed by atoms with Crippen molar-refractivity contribution in [2.75, 3.05) is 13.1 Å². The molecule has 4 aromatic rings. The van der Waals surface area contributed by atoms with Gasteiger partial charge in [-0.3, -0.25) is 4.79 Å². The molecular formula is C22H20N4O2. The van der Waals surface area contributed by atoms with Gasteiger partial charge in [-0.1, -0.05) is 41.6 Å². The number of hydrogen-bond donors (Lipinski definition) is 1. The number of amides is 1. The number of hydrogen-bond acceptors (Lipinski definition) is 4. The molecule has 6 heteroatoms. The van der Waals surface area contributed by atoms with Gasteiger partial charge in [-0.15, -0.1) is 0 Å². The number of aromatic amines is 1. The number of carbonyl (C=O) groups is 1. The topological polar surface area (TPSA) is 75.0 Å². The molecule has 0 bridgehead atoms. The van der Waals surface area contributed by atoms with Gasteiger partial charge in [0.1, 0.15) is 5.69 Å². The molecule has 0 atom stereocenters. The number of piperidine rings is 1. The highest BCUT2D eigenvalue weighted by Crippen LogP contribution is 2.29. The van der Waals surface area contributed by atoms with Gasteiger partial charge in [0.2, 0.25) is 0 Å². The average molecular weight is 372 g/mol. The Morgan fingerprint density at radius 3 is 2.57 bits per heavy atom. The summed E-state index contributed by atoms with van der Waals surface area (Å²) < 4.78 is 5.43.